The summed E-state index contributed by atoms with van der Waals surface area (Å²) in [6.45, 7) is 5.21. The molecule has 0 saturated heterocycles. The van der Waals surface area contributed by atoms with Crippen LogP contribution < -0.4 is 5.32 Å². The van der Waals surface area contributed by atoms with Crippen LogP contribution in [-0.2, 0) is 6.54 Å². The highest BCUT2D eigenvalue weighted by atomic mass is 15.2. The van der Waals surface area contributed by atoms with Crippen molar-refractivity contribution >= 4 is 5.65 Å². The highest BCUT2D eigenvalue weighted by Crippen LogP contribution is 2.25. The molecule has 0 amide bonds. The lowest BCUT2D eigenvalue weighted by atomic mass is 9.93. The van der Waals surface area contributed by atoms with Crippen LogP contribution in [0.5, 0.6) is 0 Å². The highest BCUT2D eigenvalue weighted by molar-refractivity contribution is 5.38. The Hall–Kier alpha value is -1.42. The van der Waals surface area contributed by atoms with Gasteiger partial charge in [0.2, 0.25) is 0 Å². The van der Waals surface area contributed by atoms with E-state index in [1.54, 1.807) is 0 Å². The number of hydrogen-bond acceptors (Lipinski definition) is 3. The molecule has 0 spiro atoms. The average Bonchev–Trinajstić information content (AvgIpc) is 2.68. The van der Waals surface area contributed by atoms with Gasteiger partial charge >= 0.3 is 0 Å². The summed E-state index contributed by atoms with van der Waals surface area (Å²) >= 11 is 0. The molecular weight excluding hydrogens is 260 g/mol. The number of aromatic nitrogens is 3. The number of rotatable bonds is 4. The van der Waals surface area contributed by atoms with Gasteiger partial charge in [0.05, 0.1) is 5.69 Å². The van der Waals surface area contributed by atoms with Crippen molar-refractivity contribution < 1.29 is 0 Å². The average molecular weight is 286 g/mol. The lowest BCUT2D eigenvalue weighted by Crippen LogP contribution is -2.33. The fourth-order valence-electron chi connectivity index (χ4n) is 3.38. The van der Waals surface area contributed by atoms with Crippen LogP contribution in [0.3, 0.4) is 0 Å². The lowest BCUT2D eigenvalue weighted by molar-refractivity contribution is 0.336. The second-order valence-electron chi connectivity index (χ2n) is 6.47. The molecule has 4 heteroatoms. The van der Waals surface area contributed by atoms with Gasteiger partial charge < -0.3 is 5.32 Å². The summed E-state index contributed by atoms with van der Waals surface area (Å²) in [5, 5.41) is 8.12. The van der Waals surface area contributed by atoms with Crippen molar-refractivity contribution in [3.63, 3.8) is 0 Å². The van der Waals surface area contributed by atoms with Crippen LogP contribution in [-0.4, -0.2) is 20.6 Å². The molecule has 3 rings (SSSR count). The predicted octanol–water partition coefficient (Wildman–Crippen LogP) is 3.49. The van der Waals surface area contributed by atoms with E-state index in [1.165, 1.54) is 44.1 Å². The van der Waals surface area contributed by atoms with E-state index >= 15 is 0 Å². The van der Waals surface area contributed by atoms with E-state index in [0.717, 1.165) is 23.8 Å². The molecule has 0 bridgehead atoms. The van der Waals surface area contributed by atoms with Crippen LogP contribution in [0.25, 0.3) is 5.65 Å². The predicted molar refractivity (Wildman–Crippen MR) is 85.2 cm³/mol. The van der Waals surface area contributed by atoms with Crippen molar-refractivity contribution in [1.29, 1.82) is 0 Å². The van der Waals surface area contributed by atoms with Crippen molar-refractivity contribution in [2.24, 2.45) is 5.92 Å². The Morgan fingerprint density at radius 3 is 2.81 bits per heavy atom. The Bertz CT molecular complexity index is 581. The first-order valence-corrected chi connectivity index (χ1v) is 8.26. The highest BCUT2D eigenvalue weighted by Gasteiger charge is 2.18. The summed E-state index contributed by atoms with van der Waals surface area (Å²) in [5.41, 5.74) is 3.14. The van der Waals surface area contributed by atoms with Crippen molar-refractivity contribution in [2.75, 3.05) is 0 Å². The molecule has 2 aromatic heterocycles. The molecule has 114 valence electrons. The topological polar surface area (TPSA) is 42.2 Å². The number of aryl methyl sites for hydroxylation is 1. The monoisotopic (exact) mass is 286 g/mol. The molecule has 1 fully saturated rings. The summed E-state index contributed by atoms with van der Waals surface area (Å²) in [4.78, 5) is 4.47. The fourth-order valence-corrected chi connectivity index (χ4v) is 3.38. The Morgan fingerprint density at radius 1 is 1.29 bits per heavy atom. The quantitative estimate of drug-likeness (QED) is 0.875. The maximum absolute atomic E-state index is 4.47. The first kappa shape index (κ1) is 14.5. The van der Waals surface area contributed by atoms with Crippen LogP contribution in [0, 0.1) is 12.8 Å². The van der Waals surface area contributed by atoms with Crippen molar-refractivity contribution in [3.05, 3.63) is 29.7 Å². The summed E-state index contributed by atoms with van der Waals surface area (Å²) in [6, 6.07) is 2.59. The second kappa shape index (κ2) is 6.56. The zero-order valence-corrected chi connectivity index (χ0v) is 13.2. The standard InChI is InChI=1S/C17H26N4/c1-13-9-17-19-11-15(12-21(17)20-13)10-18-14(2)16-7-5-3-4-6-8-16/h9,11-12,14,16,18H,3-8,10H2,1-2H3/t14-/m1/s1. The molecule has 4 nitrogen and oxygen atoms in total. The smallest absolute Gasteiger partial charge is 0.155 e. The second-order valence-corrected chi connectivity index (χ2v) is 6.47. The van der Waals surface area contributed by atoms with Gasteiger partial charge in [0, 0.05) is 36.6 Å². The third kappa shape index (κ3) is 3.62. The van der Waals surface area contributed by atoms with Crippen LogP contribution in [0.15, 0.2) is 18.5 Å². The molecule has 1 aliphatic rings. The van der Waals surface area contributed by atoms with E-state index in [2.05, 4.69) is 28.5 Å². The van der Waals surface area contributed by atoms with Gasteiger partial charge in [-0.2, -0.15) is 5.10 Å². The van der Waals surface area contributed by atoms with E-state index < -0.39 is 0 Å². The van der Waals surface area contributed by atoms with Crippen LogP contribution in [0.1, 0.15) is 56.7 Å². The van der Waals surface area contributed by atoms with Crippen molar-refractivity contribution in [2.45, 2.75) is 65.0 Å². The molecule has 0 aliphatic heterocycles. The van der Waals surface area contributed by atoms with Crippen LogP contribution >= 0.6 is 0 Å². The summed E-state index contributed by atoms with van der Waals surface area (Å²) in [7, 11) is 0. The molecule has 1 N–H and O–H groups in total. The number of fused-ring (bicyclic) bond motifs is 1. The summed E-state index contributed by atoms with van der Waals surface area (Å²) in [6.07, 6.45) is 12.4. The molecule has 0 aromatic carbocycles. The van der Waals surface area contributed by atoms with E-state index in [0.29, 0.717) is 6.04 Å². The van der Waals surface area contributed by atoms with Gasteiger partial charge in [0.25, 0.3) is 0 Å². The lowest BCUT2D eigenvalue weighted by Gasteiger charge is -2.23. The van der Waals surface area contributed by atoms with Gasteiger partial charge in [-0.3, -0.25) is 0 Å². The van der Waals surface area contributed by atoms with Gasteiger partial charge in [0.1, 0.15) is 0 Å². The van der Waals surface area contributed by atoms with Crippen molar-refractivity contribution in [3.8, 4) is 0 Å². The van der Waals surface area contributed by atoms with E-state index in [-0.39, 0.29) is 0 Å². The zero-order valence-electron chi connectivity index (χ0n) is 13.2. The Morgan fingerprint density at radius 2 is 2.05 bits per heavy atom. The minimum absolute atomic E-state index is 0.582. The molecule has 1 aliphatic carbocycles. The first-order valence-electron chi connectivity index (χ1n) is 8.26. The minimum atomic E-state index is 0.582. The molecule has 2 aromatic rings. The third-order valence-corrected chi connectivity index (χ3v) is 4.72. The molecule has 1 atom stereocenters. The maximum Gasteiger partial charge on any atom is 0.155 e. The van der Waals surface area contributed by atoms with E-state index in [4.69, 9.17) is 0 Å². The third-order valence-electron chi connectivity index (χ3n) is 4.72. The summed E-state index contributed by atoms with van der Waals surface area (Å²) in [5.74, 6) is 0.830. The Balaban J connectivity index is 1.59. The van der Waals surface area contributed by atoms with Crippen LogP contribution in [0.4, 0.5) is 0 Å². The molecule has 0 radical (unpaired) electrons. The van der Waals surface area contributed by atoms with Crippen LogP contribution in [0.2, 0.25) is 0 Å². The normalized spacial score (nSPS) is 18.8. The van der Waals surface area contributed by atoms with Gasteiger partial charge in [-0.05, 0) is 32.6 Å². The zero-order chi connectivity index (χ0) is 14.7. The Labute approximate surface area is 127 Å². The van der Waals surface area contributed by atoms with Crippen molar-refractivity contribution in [1.82, 2.24) is 19.9 Å². The van der Waals surface area contributed by atoms with E-state index in [1.807, 2.05) is 23.7 Å². The van der Waals surface area contributed by atoms with Gasteiger partial charge in [-0.1, -0.05) is 25.7 Å². The fraction of sp³-hybridized carbons (Fsp3) is 0.647. The molecular formula is C17H26N4. The molecule has 2 heterocycles. The first-order chi connectivity index (χ1) is 10.2. The molecule has 0 unspecified atom stereocenters. The SMILES string of the molecule is Cc1cc2ncc(CN[C@H](C)C3CCCCCC3)cn2n1. The largest absolute Gasteiger partial charge is 0.310 e. The Kier molecular flexibility index (Phi) is 4.54. The number of nitrogens with one attached hydrogen (secondary N) is 1. The van der Waals surface area contributed by atoms with Gasteiger partial charge in [-0.15, -0.1) is 0 Å². The minimum Gasteiger partial charge on any atom is -0.310 e. The maximum atomic E-state index is 4.47. The number of hydrogen-bond donors (Lipinski definition) is 1. The summed E-state index contributed by atoms with van der Waals surface area (Å²) < 4.78 is 1.88. The number of nitrogens with zero attached hydrogens (tertiary/aromatic N) is 3. The molecule has 1 saturated carbocycles. The van der Waals surface area contributed by atoms with Gasteiger partial charge in [0.15, 0.2) is 5.65 Å². The van der Waals surface area contributed by atoms with Gasteiger partial charge in [-0.25, -0.2) is 9.50 Å². The molecule has 21 heavy (non-hydrogen) atoms. The van der Waals surface area contributed by atoms with E-state index in [9.17, 15) is 0 Å².